The van der Waals surface area contributed by atoms with E-state index in [1.165, 1.54) is 0 Å². The van der Waals surface area contributed by atoms with E-state index in [4.69, 9.17) is 10.6 Å². The van der Waals surface area contributed by atoms with E-state index in [2.05, 4.69) is 5.43 Å². The lowest BCUT2D eigenvalue weighted by molar-refractivity contribution is -0.147. The molecular weight excluding hydrogens is 281 g/mol. The molecule has 1 heterocycles. The van der Waals surface area contributed by atoms with E-state index in [0.717, 1.165) is 25.7 Å². The molecule has 1 saturated heterocycles. The molecular formula is C15H19F3N2O. The van der Waals surface area contributed by atoms with Gasteiger partial charge in [0.25, 0.3) is 0 Å². The molecule has 0 amide bonds. The second kappa shape index (κ2) is 5.59. The van der Waals surface area contributed by atoms with Crippen molar-refractivity contribution in [2.24, 2.45) is 11.8 Å². The molecule has 0 aromatic heterocycles. The predicted molar refractivity (Wildman–Crippen MR) is 71.6 cm³/mol. The quantitative estimate of drug-likeness (QED) is 0.666. The van der Waals surface area contributed by atoms with E-state index < -0.39 is 23.5 Å². The summed E-state index contributed by atoms with van der Waals surface area (Å²) in [6.07, 6.45) is 4.47. The van der Waals surface area contributed by atoms with Gasteiger partial charge in [0.05, 0.1) is 11.6 Å². The Morgan fingerprint density at radius 2 is 1.90 bits per heavy atom. The molecule has 0 bridgehead atoms. The average molecular weight is 300 g/mol. The van der Waals surface area contributed by atoms with Gasteiger partial charge in [-0.15, -0.1) is 0 Å². The van der Waals surface area contributed by atoms with Crippen molar-refractivity contribution in [2.45, 2.75) is 43.7 Å². The Labute approximate surface area is 121 Å². The molecule has 2 aliphatic rings. The Morgan fingerprint density at radius 3 is 2.43 bits per heavy atom. The molecule has 1 aromatic carbocycles. The highest BCUT2D eigenvalue weighted by molar-refractivity contribution is 5.25. The zero-order valence-electron chi connectivity index (χ0n) is 11.7. The minimum absolute atomic E-state index is 0.0292. The van der Waals surface area contributed by atoms with E-state index in [1.807, 2.05) is 0 Å². The summed E-state index contributed by atoms with van der Waals surface area (Å²) in [5.74, 6) is 2.79. The lowest BCUT2D eigenvalue weighted by Gasteiger charge is -2.48. The van der Waals surface area contributed by atoms with E-state index in [9.17, 15) is 13.2 Å². The van der Waals surface area contributed by atoms with E-state index >= 15 is 0 Å². The van der Waals surface area contributed by atoms with Crippen LogP contribution in [0.25, 0.3) is 0 Å². The molecule has 1 aliphatic carbocycles. The third-order valence-corrected chi connectivity index (χ3v) is 4.80. The van der Waals surface area contributed by atoms with Crippen LogP contribution in [-0.2, 0) is 4.74 Å². The lowest BCUT2D eigenvalue weighted by atomic mass is 9.69. The largest absolute Gasteiger partial charge is 0.375 e. The molecule has 2 unspecified atom stereocenters. The number of halogens is 3. The van der Waals surface area contributed by atoms with Gasteiger partial charge in [0, 0.05) is 24.3 Å². The number of hydrogen-bond donors (Lipinski definition) is 2. The van der Waals surface area contributed by atoms with Crippen molar-refractivity contribution in [3.63, 3.8) is 0 Å². The summed E-state index contributed by atoms with van der Waals surface area (Å²) in [7, 11) is 0. The first kappa shape index (κ1) is 14.8. The summed E-state index contributed by atoms with van der Waals surface area (Å²) in [5, 5.41) is 0. The zero-order valence-corrected chi connectivity index (χ0v) is 11.7. The standard InChI is InChI=1S/C15H19F3N2O/c16-10-6-11(17)13(12(18)7-10)14(20-19)9-2-5-21-15(8-9)3-1-4-15/h6-7,9,14,20H,1-5,8,19H2. The van der Waals surface area contributed by atoms with Crippen molar-refractivity contribution >= 4 is 0 Å². The Hall–Kier alpha value is -1.11. The molecule has 2 atom stereocenters. The highest BCUT2D eigenvalue weighted by Gasteiger charge is 2.45. The van der Waals surface area contributed by atoms with E-state index in [-0.39, 0.29) is 17.1 Å². The molecule has 3 N–H and O–H groups in total. The average Bonchev–Trinajstić information content (AvgIpc) is 2.41. The van der Waals surface area contributed by atoms with Gasteiger partial charge < -0.3 is 4.74 Å². The van der Waals surface area contributed by atoms with Gasteiger partial charge in [0.1, 0.15) is 17.5 Å². The Kier molecular flexibility index (Phi) is 3.94. The summed E-state index contributed by atoms with van der Waals surface area (Å²) < 4.78 is 46.8. The molecule has 21 heavy (non-hydrogen) atoms. The molecule has 0 radical (unpaired) electrons. The second-order valence-corrected chi connectivity index (χ2v) is 6.07. The second-order valence-electron chi connectivity index (χ2n) is 6.07. The Bertz CT molecular complexity index is 511. The van der Waals surface area contributed by atoms with Crippen LogP contribution in [-0.4, -0.2) is 12.2 Å². The van der Waals surface area contributed by atoms with Crippen molar-refractivity contribution in [1.29, 1.82) is 0 Å². The summed E-state index contributed by atoms with van der Waals surface area (Å²) in [5.41, 5.74) is 2.19. The van der Waals surface area contributed by atoms with Gasteiger partial charge in [-0.25, -0.2) is 13.2 Å². The molecule has 116 valence electrons. The van der Waals surface area contributed by atoms with Gasteiger partial charge >= 0.3 is 0 Å². The van der Waals surface area contributed by atoms with Crippen LogP contribution >= 0.6 is 0 Å². The summed E-state index contributed by atoms with van der Waals surface area (Å²) in [6.45, 7) is 0.563. The van der Waals surface area contributed by atoms with Crippen LogP contribution in [0.2, 0.25) is 0 Å². The van der Waals surface area contributed by atoms with Gasteiger partial charge in [-0.05, 0) is 38.0 Å². The van der Waals surface area contributed by atoms with Crippen LogP contribution in [0.5, 0.6) is 0 Å². The topological polar surface area (TPSA) is 47.3 Å². The van der Waals surface area contributed by atoms with Crippen molar-refractivity contribution in [2.75, 3.05) is 6.61 Å². The number of nitrogens with one attached hydrogen (secondary N) is 1. The fourth-order valence-corrected chi connectivity index (χ4v) is 3.58. The van der Waals surface area contributed by atoms with Crippen LogP contribution in [0.15, 0.2) is 12.1 Å². The lowest BCUT2D eigenvalue weighted by Crippen LogP contribution is -2.49. The molecule has 2 fully saturated rings. The van der Waals surface area contributed by atoms with Crippen molar-refractivity contribution in [3.8, 4) is 0 Å². The molecule has 3 rings (SSSR count). The first-order valence-corrected chi connectivity index (χ1v) is 7.29. The molecule has 6 heteroatoms. The molecule has 1 aromatic rings. The normalized spacial score (nSPS) is 25.6. The van der Waals surface area contributed by atoms with Crippen molar-refractivity contribution in [1.82, 2.24) is 5.43 Å². The maximum Gasteiger partial charge on any atom is 0.133 e. The highest BCUT2D eigenvalue weighted by Crippen LogP contribution is 2.47. The van der Waals surface area contributed by atoms with Crippen molar-refractivity contribution < 1.29 is 17.9 Å². The number of ether oxygens (including phenoxy) is 1. The fraction of sp³-hybridized carbons (Fsp3) is 0.600. The monoisotopic (exact) mass is 300 g/mol. The van der Waals surface area contributed by atoms with Gasteiger partial charge in [0.15, 0.2) is 0 Å². The fourth-order valence-electron chi connectivity index (χ4n) is 3.58. The summed E-state index contributed by atoms with van der Waals surface area (Å²) in [4.78, 5) is 0. The SMILES string of the molecule is NNC(c1c(F)cc(F)cc1F)C1CCOC2(CCC2)C1. The van der Waals surface area contributed by atoms with Gasteiger partial charge in [0.2, 0.25) is 0 Å². The maximum atomic E-state index is 14.0. The number of hydrazine groups is 1. The maximum absolute atomic E-state index is 14.0. The molecule has 1 spiro atoms. The van der Waals surface area contributed by atoms with Crippen LogP contribution in [0.4, 0.5) is 13.2 Å². The first-order valence-electron chi connectivity index (χ1n) is 7.29. The van der Waals surface area contributed by atoms with Crippen LogP contribution in [0, 0.1) is 23.4 Å². The summed E-state index contributed by atoms with van der Waals surface area (Å²) >= 11 is 0. The molecule has 1 aliphatic heterocycles. The Balaban J connectivity index is 1.88. The third kappa shape index (κ3) is 2.67. The highest BCUT2D eigenvalue weighted by atomic mass is 19.1. The van der Waals surface area contributed by atoms with Crippen molar-refractivity contribution in [3.05, 3.63) is 35.1 Å². The van der Waals surface area contributed by atoms with Crippen LogP contribution in [0.3, 0.4) is 0 Å². The first-order chi connectivity index (χ1) is 10.0. The minimum atomic E-state index is -0.924. The number of hydrogen-bond acceptors (Lipinski definition) is 3. The van der Waals surface area contributed by atoms with Crippen LogP contribution < -0.4 is 11.3 Å². The number of nitrogens with two attached hydrogens (primary N) is 1. The predicted octanol–water partition coefficient (Wildman–Crippen LogP) is 2.96. The molecule has 1 saturated carbocycles. The third-order valence-electron chi connectivity index (χ3n) is 4.80. The van der Waals surface area contributed by atoms with Crippen LogP contribution in [0.1, 0.15) is 43.7 Å². The van der Waals surface area contributed by atoms with Gasteiger partial charge in [-0.3, -0.25) is 11.3 Å². The zero-order chi connectivity index (χ0) is 15.0. The number of rotatable bonds is 3. The van der Waals surface area contributed by atoms with E-state index in [0.29, 0.717) is 25.2 Å². The smallest absolute Gasteiger partial charge is 0.133 e. The Morgan fingerprint density at radius 1 is 1.24 bits per heavy atom. The number of benzene rings is 1. The minimum Gasteiger partial charge on any atom is -0.375 e. The van der Waals surface area contributed by atoms with Gasteiger partial charge in [-0.2, -0.15) is 0 Å². The summed E-state index contributed by atoms with van der Waals surface area (Å²) in [6, 6.07) is 0.717. The van der Waals surface area contributed by atoms with E-state index in [1.54, 1.807) is 0 Å². The van der Waals surface area contributed by atoms with Gasteiger partial charge in [-0.1, -0.05) is 0 Å². The molecule has 3 nitrogen and oxygen atoms in total.